The van der Waals surface area contributed by atoms with Crippen molar-refractivity contribution in [3.05, 3.63) is 71.5 Å². The zero-order chi connectivity index (χ0) is 19.7. The lowest BCUT2D eigenvalue weighted by molar-refractivity contribution is 0.102. The summed E-state index contributed by atoms with van der Waals surface area (Å²) in [6.07, 6.45) is 1.66. The van der Waals surface area contributed by atoms with Gasteiger partial charge in [-0.2, -0.15) is 0 Å². The van der Waals surface area contributed by atoms with E-state index in [1.807, 2.05) is 0 Å². The fraction of sp³-hybridized carbons (Fsp3) is 0. The van der Waals surface area contributed by atoms with E-state index in [0.717, 1.165) is 4.70 Å². The molecule has 4 rings (SSSR count). The van der Waals surface area contributed by atoms with Crippen LogP contribution in [-0.2, 0) is 10.0 Å². The summed E-state index contributed by atoms with van der Waals surface area (Å²) in [4.78, 5) is 19.4. The molecule has 0 saturated heterocycles. The van der Waals surface area contributed by atoms with Crippen molar-refractivity contribution in [3.8, 4) is 0 Å². The van der Waals surface area contributed by atoms with Crippen molar-refractivity contribution in [1.82, 2.24) is 9.97 Å². The molecular formula is C18H13ClN4O3S2. The van der Waals surface area contributed by atoms with E-state index in [9.17, 15) is 13.2 Å². The Morgan fingerprint density at radius 2 is 1.89 bits per heavy atom. The largest absolute Gasteiger partial charge is 0.357 e. The van der Waals surface area contributed by atoms with Crippen molar-refractivity contribution in [1.29, 1.82) is 0 Å². The molecule has 0 aliphatic rings. The Hall–Kier alpha value is -2.88. The van der Waals surface area contributed by atoms with Crippen molar-refractivity contribution in [2.45, 2.75) is 4.90 Å². The van der Waals surface area contributed by atoms with E-state index in [0.29, 0.717) is 27.1 Å². The SMILES string of the molecule is O=C(Nc1nc2ccc(NS(=O)(=O)c3ccc(Cl)cc3)cc2s1)c1ccc[nH]1. The number of benzene rings is 2. The van der Waals surface area contributed by atoms with E-state index in [1.165, 1.54) is 35.6 Å². The predicted octanol–water partition coefficient (Wildman–Crippen LogP) is 4.33. The van der Waals surface area contributed by atoms with Crippen molar-refractivity contribution in [2.24, 2.45) is 0 Å². The molecule has 0 aliphatic carbocycles. The first-order valence-corrected chi connectivity index (χ1v) is 10.7. The van der Waals surface area contributed by atoms with E-state index in [-0.39, 0.29) is 10.8 Å². The molecule has 0 fully saturated rings. The number of carbonyl (C=O) groups is 1. The van der Waals surface area contributed by atoms with Gasteiger partial charge in [0, 0.05) is 11.2 Å². The quantitative estimate of drug-likeness (QED) is 0.436. The average Bonchev–Trinajstić information content (AvgIpc) is 3.30. The topological polar surface area (TPSA) is 104 Å². The van der Waals surface area contributed by atoms with E-state index >= 15 is 0 Å². The molecule has 7 nitrogen and oxygen atoms in total. The summed E-state index contributed by atoms with van der Waals surface area (Å²) in [5, 5.41) is 3.60. The van der Waals surface area contributed by atoms with Gasteiger partial charge in [0.25, 0.3) is 15.9 Å². The number of fused-ring (bicyclic) bond motifs is 1. The molecule has 4 aromatic rings. The van der Waals surface area contributed by atoms with Gasteiger partial charge in [-0.05, 0) is 54.6 Å². The molecule has 3 N–H and O–H groups in total. The summed E-state index contributed by atoms with van der Waals surface area (Å²) in [5.41, 5.74) is 1.48. The number of hydrogen-bond donors (Lipinski definition) is 3. The molecule has 0 aliphatic heterocycles. The highest BCUT2D eigenvalue weighted by Gasteiger charge is 2.15. The molecule has 0 atom stereocenters. The number of aromatic amines is 1. The highest BCUT2D eigenvalue weighted by atomic mass is 35.5. The number of thiazole rings is 1. The molecule has 2 heterocycles. The number of rotatable bonds is 5. The van der Waals surface area contributed by atoms with Gasteiger partial charge in [0.05, 0.1) is 20.8 Å². The molecule has 0 saturated carbocycles. The second-order valence-corrected chi connectivity index (χ2v) is 8.95. The Bertz CT molecular complexity index is 1250. The van der Waals surface area contributed by atoms with Crippen LogP contribution in [0, 0.1) is 0 Å². The lowest BCUT2D eigenvalue weighted by Gasteiger charge is -2.08. The Morgan fingerprint density at radius 3 is 2.61 bits per heavy atom. The zero-order valence-electron chi connectivity index (χ0n) is 14.1. The average molecular weight is 433 g/mol. The third kappa shape index (κ3) is 3.86. The summed E-state index contributed by atoms with van der Waals surface area (Å²) in [6, 6.07) is 14.3. The van der Waals surface area contributed by atoms with Crippen molar-refractivity contribution >= 4 is 59.9 Å². The fourth-order valence-electron chi connectivity index (χ4n) is 2.51. The smallest absolute Gasteiger partial charge is 0.273 e. The van der Waals surface area contributed by atoms with Crippen LogP contribution in [0.3, 0.4) is 0 Å². The van der Waals surface area contributed by atoms with E-state index in [2.05, 4.69) is 20.0 Å². The van der Waals surface area contributed by atoms with Gasteiger partial charge in [-0.1, -0.05) is 22.9 Å². The number of carbonyl (C=O) groups excluding carboxylic acids is 1. The summed E-state index contributed by atoms with van der Waals surface area (Å²) in [7, 11) is -3.74. The van der Waals surface area contributed by atoms with Crippen LogP contribution in [0.2, 0.25) is 5.02 Å². The van der Waals surface area contributed by atoms with Gasteiger partial charge in [0.1, 0.15) is 5.69 Å². The van der Waals surface area contributed by atoms with Gasteiger partial charge in [-0.25, -0.2) is 13.4 Å². The number of sulfonamides is 1. The maximum absolute atomic E-state index is 12.5. The molecular weight excluding hydrogens is 420 g/mol. The second-order valence-electron chi connectivity index (χ2n) is 5.80. The first-order chi connectivity index (χ1) is 13.4. The minimum absolute atomic E-state index is 0.111. The summed E-state index contributed by atoms with van der Waals surface area (Å²) >= 11 is 7.06. The predicted molar refractivity (Wildman–Crippen MR) is 111 cm³/mol. The van der Waals surface area contributed by atoms with Crippen LogP contribution >= 0.6 is 22.9 Å². The fourth-order valence-corrected chi connectivity index (χ4v) is 4.58. The normalized spacial score (nSPS) is 11.5. The highest BCUT2D eigenvalue weighted by molar-refractivity contribution is 7.92. The van der Waals surface area contributed by atoms with Crippen LogP contribution in [0.25, 0.3) is 10.2 Å². The lowest BCUT2D eigenvalue weighted by atomic mass is 10.3. The van der Waals surface area contributed by atoms with Gasteiger partial charge in [-0.3, -0.25) is 14.8 Å². The third-order valence-corrected chi connectivity index (χ3v) is 6.41. The van der Waals surface area contributed by atoms with E-state index in [4.69, 9.17) is 11.6 Å². The number of nitrogens with zero attached hydrogens (tertiary/aromatic N) is 1. The van der Waals surface area contributed by atoms with Crippen LogP contribution < -0.4 is 10.0 Å². The number of anilines is 2. The molecule has 0 unspecified atom stereocenters. The van der Waals surface area contributed by atoms with Crippen LogP contribution in [0.1, 0.15) is 10.5 Å². The molecule has 1 amide bonds. The molecule has 142 valence electrons. The number of aromatic nitrogens is 2. The standard InChI is InChI=1S/C18H13ClN4O3S2/c19-11-3-6-13(7-4-11)28(25,26)23-12-5-8-14-16(10-12)27-18(21-14)22-17(24)15-2-1-9-20-15/h1-10,20,23H,(H,21,22,24). The Kier molecular flexibility index (Phi) is 4.80. The maximum atomic E-state index is 12.5. The summed E-state index contributed by atoms with van der Waals surface area (Å²) < 4.78 is 28.3. The van der Waals surface area contributed by atoms with Gasteiger partial charge < -0.3 is 4.98 Å². The van der Waals surface area contributed by atoms with Crippen LogP contribution in [-0.4, -0.2) is 24.3 Å². The Labute approximate surface area is 169 Å². The minimum atomic E-state index is -3.74. The Balaban J connectivity index is 1.56. The number of halogens is 1. The third-order valence-electron chi connectivity index (χ3n) is 3.83. The van der Waals surface area contributed by atoms with Crippen LogP contribution in [0.15, 0.2) is 65.7 Å². The maximum Gasteiger partial charge on any atom is 0.273 e. The van der Waals surface area contributed by atoms with Gasteiger partial charge in [-0.15, -0.1) is 0 Å². The van der Waals surface area contributed by atoms with E-state index < -0.39 is 10.0 Å². The number of hydrogen-bond acceptors (Lipinski definition) is 5. The molecule has 0 radical (unpaired) electrons. The van der Waals surface area contributed by atoms with Crippen molar-refractivity contribution in [3.63, 3.8) is 0 Å². The Morgan fingerprint density at radius 1 is 1.11 bits per heavy atom. The van der Waals surface area contributed by atoms with Crippen molar-refractivity contribution in [2.75, 3.05) is 10.0 Å². The molecule has 0 bridgehead atoms. The number of amides is 1. The lowest BCUT2D eigenvalue weighted by Crippen LogP contribution is -2.12. The van der Waals surface area contributed by atoms with Crippen LogP contribution in [0.4, 0.5) is 10.8 Å². The first kappa shape index (κ1) is 18.5. The molecule has 10 heteroatoms. The van der Waals surface area contributed by atoms with Crippen LogP contribution in [0.5, 0.6) is 0 Å². The van der Waals surface area contributed by atoms with Gasteiger partial charge >= 0.3 is 0 Å². The summed E-state index contributed by atoms with van der Waals surface area (Å²) in [5.74, 6) is -0.298. The van der Waals surface area contributed by atoms with Gasteiger partial charge in [0.2, 0.25) is 0 Å². The second kappa shape index (κ2) is 7.27. The zero-order valence-corrected chi connectivity index (χ0v) is 16.5. The van der Waals surface area contributed by atoms with Crippen molar-refractivity contribution < 1.29 is 13.2 Å². The monoisotopic (exact) mass is 432 g/mol. The molecule has 2 aromatic carbocycles. The number of H-pyrrole nitrogens is 1. The molecule has 2 aromatic heterocycles. The molecule has 28 heavy (non-hydrogen) atoms. The summed E-state index contributed by atoms with van der Waals surface area (Å²) in [6.45, 7) is 0. The minimum Gasteiger partial charge on any atom is -0.357 e. The number of nitrogens with one attached hydrogen (secondary N) is 3. The first-order valence-electron chi connectivity index (χ1n) is 8.04. The van der Waals surface area contributed by atoms with E-state index in [1.54, 1.807) is 36.5 Å². The molecule has 0 spiro atoms. The highest BCUT2D eigenvalue weighted by Crippen LogP contribution is 2.29. The van der Waals surface area contributed by atoms with Gasteiger partial charge in [0.15, 0.2) is 5.13 Å².